The lowest BCUT2D eigenvalue weighted by atomic mass is 9.88. The van der Waals surface area contributed by atoms with Crippen LogP contribution in [0.15, 0.2) is 10.6 Å². The molecule has 1 saturated carbocycles. The molecule has 2 aromatic rings. The molecule has 0 spiro atoms. The number of fused-ring (bicyclic) bond motifs is 1. The van der Waals surface area contributed by atoms with Crippen molar-refractivity contribution in [3.8, 4) is 0 Å². The number of aryl methyl sites for hydroxylation is 1. The fourth-order valence-corrected chi connectivity index (χ4v) is 6.26. The van der Waals surface area contributed by atoms with Gasteiger partial charge in [0.1, 0.15) is 17.6 Å². The first-order chi connectivity index (χ1) is 16.8. The van der Waals surface area contributed by atoms with Crippen molar-refractivity contribution in [3.05, 3.63) is 23.2 Å². The van der Waals surface area contributed by atoms with Gasteiger partial charge in [-0.2, -0.15) is 4.98 Å². The number of hydrogen-bond donors (Lipinski definition) is 1. The van der Waals surface area contributed by atoms with E-state index in [1.165, 1.54) is 44.1 Å². The van der Waals surface area contributed by atoms with Crippen LogP contribution in [0.2, 0.25) is 0 Å². The second kappa shape index (κ2) is 9.55. The number of piperidine rings is 1. The number of carbonyl (C=O) groups excluding carboxylic acids is 1. The van der Waals surface area contributed by atoms with Gasteiger partial charge in [-0.15, -0.1) is 0 Å². The normalized spacial score (nSPS) is 23.4. The summed E-state index contributed by atoms with van der Waals surface area (Å²) in [5, 5.41) is 3.38. The van der Waals surface area contributed by atoms with Crippen LogP contribution in [0.4, 0.5) is 17.8 Å². The molecule has 182 valence electrons. The summed E-state index contributed by atoms with van der Waals surface area (Å²) in [6.07, 6.45) is 16.4. The van der Waals surface area contributed by atoms with Crippen molar-refractivity contribution in [1.29, 1.82) is 0 Å². The molecule has 2 aliphatic carbocycles. The lowest BCUT2D eigenvalue weighted by molar-refractivity contribution is -0.133. The molecule has 34 heavy (non-hydrogen) atoms. The van der Waals surface area contributed by atoms with Crippen molar-refractivity contribution in [2.75, 3.05) is 29.9 Å². The SMILES string of the molecule is O=C([C@@H]1CCCN1c1nc2c(c(Nc3ncc(C4CCCCC4)o3)n1)CCC2)N1CCCCC1. The molecule has 1 amide bonds. The Morgan fingerprint density at radius 1 is 0.912 bits per heavy atom. The summed E-state index contributed by atoms with van der Waals surface area (Å²) in [6.45, 7) is 2.59. The monoisotopic (exact) mass is 464 g/mol. The highest BCUT2D eigenvalue weighted by molar-refractivity contribution is 5.85. The van der Waals surface area contributed by atoms with Crippen LogP contribution in [0.3, 0.4) is 0 Å². The molecular weight excluding hydrogens is 428 g/mol. The minimum Gasteiger partial charge on any atom is -0.428 e. The van der Waals surface area contributed by atoms with Gasteiger partial charge >= 0.3 is 6.01 Å². The third-order valence-corrected chi connectivity index (χ3v) is 8.14. The summed E-state index contributed by atoms with van der Waals surface area (Å²) in [4.78, 5) is 32.0. The number of anilines is 3. The second-order valence-electron chi connectivity index (χ2n) is 10.4. The number of amides is 1. The zero-order chi connectivity index (χ0) is 22.9. The molecule has 2 aromatic heterocycles. The van der Waals surface area contributed by atoms with Gasteiger partial charge in [-0.25, -0.2) is 9.97 Å². The molecule has 0 radical (unpaired) electrons. The zero-order valence-electron chi connectivity index (χ0n) is 20.1. The molecule has 2 aliphatic heterocycles. The summed E-state index contributed by atoms with van der Waals surface area (Å²) < 4.78 is 6.13. The first kappa shape index (κ1) is 21.9. The number of nitrogens with zero attached hydrogens (tertiary/aromatic N) is 5. The third kappa shape index (κ3) is 4.27. The Balaban J connectivity index is 1.24. The van der Waals surface area contributed by atoms with E-state index < -0.39 is 0 Å². The molecule has 4 aliphatic rings. The summed E-state index contributed by atoms with van der Waals surface area (Å²) in [5.74, 6) is 3.19. The van der Waals surface area contributed by atoms with Crippen molar-refractivity contribution in [3.63, 3.8) is 0 Å². The average Bonchev–Trinajstić information content (AvgIpc) is 3.65. The van der Waals surface area contributed by atoms with Crippen LogP contribution in [-0.4, -0.2) is 51.4 Å². The van der Waals surface area contributed by atoms with Gasteiger partial charge in [0.05, 0.1) is 11.9 Å². The van der Waals surface area contributed by atoms with Crippen molar-refractivity contribution < 1.29 is 9.21 Å². The van der Waals surface area contributed by atoms with E-state index >= 15 is 0 Å². The number of rotatable bonds is 5. The Labute approximate surface area is 201 Å². The quantitative estimate of drug-likeness (QED) is 0.685. The Morgan fingerprint density at radius 3 is 2.59 bits per heavy atom. The number of carbonyl (C=O) groups is 1. The van der Waals surface area contributed by atoms with Crippen molar-refractivity contribution in [2.24, 2.45) is 0 Å². The topological polar surface area (TPSA) is 87.4 Å². The Hall–Kier alpha value is -2.64. The summed E-state index contributed by atoms with van der Waals surface area (Å²) in [5.41, 5.74) is 2.27. The standard InChI is InChI=1S/C26H36N6O2/c33-24(31-14-5-2-6-15-31)21-13-8-16-32(21)25-28-20-12-7-11-19(20)23(29-25)30-26-27-17-22(34-26)18-9-3-1-4-10-18/h17-18,21H,1-16H2,(H,27,28,29,30)/t21-/m0/s1. The first-order valence-corrected chi connectivity index (χ1v) is 13.4. The lowest BCUT2D eigenvalue weighted by Crippen LogP contribution is -2.48. The molecule has 2 saturated heterocycles. The molecular formula is C26H36N6O2. The maximum absolute atomic E-state index is 13.3. The van der Waals surface area contributed by atoms with Gasteiger partial charge in [0.15, 0.2) is 0 Å². The maximum Gasteiger partial charge on any atom is 0.300 e. The summed E-state index contributed by atoms with van der Waals surface area (Å²) in [7, 11) is 0. The highest BCUT2D eigenvalue weighted by atomic mass is 16.4. The Kier molecular flexibility index (Phi) is 6.14. The number of hydrogen-bond acceptors (Lipinski definition) is 7. The predicted octanol–water partition coefficient (Wildman–Crippen LogP) is 4.73. The van der Waals surface area contributed by atoms with Crippen molar-refractivity contribution in [2.45, 2.75) is 95.4 Å². The minimum atomic E-state index is -0.148. The van der Waals surface area contributed by atoms with Crippen molar-refractivity contribution in [1.82, 2.24) is 19.9 Å². The van der Waals surface area contributed by atoms with Crippen LogP contribution in [-0.2, 0) is 17.6 Å². The number of nitrogens with one attached hydrogen (secondary N) is 1. The van der Waals surface area contributed by atoms with Gasteiger partial charge in [-0.05, 0) is 64.2 Å². The second-order valence-corrected chi connectivity index (χ2v) is 10.4. The zero-order valence-corrected chi connectivity index (χ0v) is 20.1. The summed E-state index contributed by atoms with van der Waals surface area (Å²) in [6, 6.07) is 0.367. The fourth-order valence-electron chi connectivity index (χ4n) is 6.26. The maximum atomic E-state index is 13.3. The first-order valence-electron chi connectivity index (χ1n) is 13.4. The smallest absolute Gasteiger partial charge is 0.300 e. The van der Waals surface area contributed by atoms with Gasteiger partial charge in [0.25, 0.3) is 0 Å². The van der Waals surface area contributed by atoms with Crippen molar-refractivity contribution >= 4 is 23.7 Å². The van der Waals surface area contributed by atoms with Gasteiger partial charge in [0.2, 0.25) is 11.9 Å². The van der Waals surface area contributed by atoms with Gasteiger partial charge in [-0.1, -0.05) is 19.3 Å². The summed E-state index contributed by atoms with van der Waals surface area (Å²) >= 11 is 0. The largest absolute Gasteiger partial charge is 0.428 e. The molecule has 8 nitrogen and oxygen atoms in total. The predicted molar refractivity (Wildman–Crippen MR) is 130 cm³/mol. The van der Waals surface area contributed by atoms with Gasteiger partial charge in [0, 0.05) is 31.1 Å². The molecule has 3 fully saturated rings. The molecule has 8 heteroatoms. The van der Waals surface area contributed by atoms with Crippen LogP contribution in [0.25, 0.3) is 0 Å². The highest BCUT2D eigenvalue weighted by Crippen LogP contribution is 2.36. The highest BCUT2D eigenvalue weighted by Gasteiger charge is 2.36. The van der Waals surface area contributed by atoms with E-state index in [9.17, 15) is 4.79 Å². The molecule has 6 rings (SSSR count). The minimum absolute atomic E-state index is 0.148. The van der Waals surface area contributed by atoms with E-state index in [0.29, 0.717) is 17.9 Å². The fraction of sp³-hybridized carbons (Fsp3) is 0.692. The lowest BCUT2D eigenvalue weighted by Gasteiger charge is -2.32. The number of likely N-dealkylation sites (tertiary alicyclic amines) is 1. The van der Waals surface area contributed by atoms with Crippen LogP contribution < -0.4 is 10.2 Å². The van der Waals surface area contributed by atoms with E-state index in [1.54, 1.807) is 0 Å². The Morgan fingerprint density at radius 2 is 1.74 bits per heavy atom. The van der Waals surface area contributed by atoms with E-state index in [0.717, 1.165) is 81.9 Å². The molecule has 1 N–H and O–H groups in total. The van der Waals surface area contributed by atoms with E-state index in [4.69, 9.17) is 14.4 Å². The molecule has 0 bridgehead atoms. The van der Waals surface area contributed by atoms with Crippen LogP contribution in [0.1, 0.15) is 93.6 Å². The van der Waals surface area contributed by atoms with Crippen LogP contribution >= 0.6 is 0 Å². The molecule has 4 heterocycles. The van der Waals surface area contributed by atoms with E-state index in [-0.39, 0.29) is 11.9 Å². The molecule has 0 unspecified atom stereocenters. The molecule has 0 aromatic carbocycles. The average molecular weight is 465 g/mol. The third-order valence-electron chi connectivity index (χ3n) is 8.14. The Bertz CT molecular complexity index is 1020. The van der Waals surface area contributed by atoms with Crippen LogP contribution in [0, 0.1) is 0 Å². The van der Waals surface area contributed by atoms with E-state index in [1.807, 2.05) is 6.20 Å². The number of oxazole rings is 1. The number of aromatic nitrogens is 3. The van der Waals surface area contributed by atoms with Gasteiger partial charge < -0.3 is 14.2 Å². The van der Waals surface area contributed by atoms with Gasteiger partial charge in [-0.3, -0.25) is 10.1 Å². The van der Waals surface area contributed by atoms with E-state index in [2.05, 4.69) is 20.1 Å². The molecule has 1 atom stereocenters. The van der Waals surface area contributed by atoms with Crippen LogP contribution in [0.5, 0.6) is 0 Å².